The van der Waals surface area contributed by atoms with Crippen molar-refractivity contribution in [1.29, 1.82) is 5.26 Å². The molecular formula is C41H24F3N5. The molecule has 0 spiro atoms. The first kappa shape index (κ1) is 29.8. The summed E-state index contributed by atoms with van der Waals surface area (Å²) in [6.45, 7) is 0. The highest BCUT2D eigenvalue weighted by molar-refractivity contribution is 6.10. The molecule has 0 saturated heterocycles. The van der Waals surface area contributed by atoms with Crippen LogP contribution in [0.4, 0.5) is 13.2 Å². The third-order valence-corrected chi connectivity index (χ3v) is 8.53. The van der Waals surface area contributed by atoms with E-state index in [1.54, 1.807) is 36.4 Å². The van der Waals surface area contributed by atoms with E-state index in [2.05, 4.69) is 6.07 Å². The van der Waals surface area contributed by atoms with Crippen LogP contribution in [0.5, 0.6) is 0 Å². The molecular weight excluding hydrogens is 619 g/mol. The smallest absolute Gasteiger partial charge is 0.308 e. The number of benzene rings is 6. The molecule has 0 bridgehead atoms. The summed E-state index contributed by atoms with van der Waals surface area (Å²) in [7, 11) is 0. The molecule has 8 aromatic rings. The van der Waals surface area contributed by atoms with E-state index in [4.69, 9.17) is 15.0 Å². The maximum atomic E-state index is 14.3. The van der Waals surface area contributed by atoms with E-state index >= 15 is 0 Å². The number of nitriles is 1. The minimum atomic E-state index is -4.56. The molecule has 0 unspecified atom stereocenters. The summed E-state index contributed by atoms with van der Waals surface area (Å²) in [5.41, 5.74) is 4.39. The Bertz CT molecular complexity index is 2490. The van der Waals surface area contributed by atoms with Crippen molar-refractivity contribution in [2.45, 2.75) is 6.18 Å². The van der Waals surface area contributed by atoms with Crippen LogP contribution in [-0.2, 0) is 6.18 Å². The van der Waals surface area contributed by atoms with Crippen molar-refractivity contribution < 1.29 is 13.2 Å². The fraction of sp³-hybridized carbons (Fsp3) is 0.0244. The Morgan fingerprint density at radius 3 is 1.78 bits per heavy atom. The molecule has 49 heavy (non-hydrogen) atoms. The number of rotatable bonds is 5. The van der Waals surface area contributed by atoms with E-state index in [9.17, 15) is 18.4 Å². The van der Waals surface area contributed by atoms with Gasteiger partial charge in [0.05, 0.1) is 33.9 Å². The Balaban J connectivity index is 1.48. The zero-order valence-electron chi connectivity index (χ0n) is 25.7. The maximum Gasteiger partial charge on any atom is 0.417 e. The molecule has 8 rings (SSSR count). The molecule has 0 aliphatic rings. The van der Waals surface area contributed by atoms with E-state index in [1.165, 1.54) is 12.1 Å². The van der Waals surface area contributed by atoms with Crippen molar-refractivity contribution in [3.05, 3.63) is 157 Å². The molecule has 234 valence electrons. The zero-order valence-corrected chi connectivity index (χ0v) is 25.7. The highest BCUT2D eigenvalue weighted by atomic mass is 19.4. The monoisotopic (exact) mass is 643 g/mol. The van der Waals surface area contributed by atoms with Crippen molar-refractivity contribution >= 4 is 21.8 Å². The van der Waals surface area contributed by atoms with Crippen LogP contribution in [0.3, 0.4) is 0 Å². The summed E-state index contributed by atoms with van der Waals surface area (Å²) in [5.74, 6) is 1.26. The topological polar surface area (TPSA) is 67.4 Å². The number of para-hydroxylation sites is 1. The van der Waals surface area contributed by atoms with E-state index in [1.807, 2.05) is 95.6 Å². The summed E-state index contributed by atoms with van der Waals surface area (Å²) < 4.78 is 44.9. The summed E-state index contributed by atoms with van der Waals surface area (Å²) in [4.78, 5) is 14.7. The van der Waals surface area contributed by atoms with Crippen LogP contribution >= 0.6 is 0 Å². The fourth-order valence-corrected chi connectivity index (χ4v) is 6.28. The first-order valence-electron chi connectivity index (χ1n) is 15.5. The lowest BCUT2D eigenvalue weighted by Crippen LogP contribution is -2.07. The molecule has 2 aromatic heterocycles. The number of aromatic nitrogens is 4. The molecule has 6 aromatic carbocycles. The predicted molar refractivity (Wildman–Crippen MR) is 186 cm³/mol. The van der Waals surface area contributed by atoms with Crippen molar-refractivity contribution in [3.8, 4) is 57.0 Å². The molecule has 0 atom stereocenters. The largest absolute Gasteiger partial charge is 0.417 e. The van der Waals surface area contributed by atoms with E-state index in [0.29, 0.717) is 39.9 Å². The molecule has 0 aliphatic carbocycles. The van der Waals surface area contributed by atoms with E-state index < -0.39 is 11.7 Å². The summed E-state index contributed by atoms with van der Waals surface area (Å²) in [6, 6.07) is 45.4. The van der Waals surface area contributed by atoms with Crippen LogP contribution in [0.2, 0.25) is 0 Å². The number of fused-ring (bicyclic) bond motifs is 3. The number of nitrogens with zero attached hydrogens (tertiary/aromatic N) is 5. The standard InChI is InChI=1S/C41H24F3N5/c42-41(43,44)34-17-9-7-15-30(34)29-20-22-33(37(24-29)49-35-18-10-8-16-31(35)32-21-19-26(25-45)23-36(32)49)40-47-38(27-11-3-1-4-12-27)46-39(48-40)28-13-5-2-6-14-28/h1-24H. The average Bonchev–Trinajstić information content (AvgIpc) is 3.48. The second kappa shape index (κ2) is 11.9. The van der Waals surface area contributed by atoms with Crippen molar-refractivity contribution in [2.24, 2.45) is 0 Å². The molecule has 0 aliphatic heterocycles. The molecule has 2 heterocycles. The Morgan fingerprint density at radius 1 is 0.510 bits per heavy atom. The third-order valence-electron chi connectivity index (χ3n) is 8.53. The van der Waals surface area contributed by atoms with Crippen LogP contribution in [0.25, 0.3) is 72.8 Å². The lowest BCUT2D eigenvalue weighted by molar-refractivity contribution is -0.137. The molecule has 5 nitrogen and oxygen atoms in total. The SMILES string of the molecule is N#Cc1ccc2c3ccccc3n(-c3cc(-c4ccccc4C(F)(F)F)ccc3-c3nc(-c4ccccc4)nc(-c4ccccc4)n3)c2c1. The summed E-state index contributed by atoms with van der Waals surface area (Å²) >= 11 is 0. The first-order valence-corrected chi connectivity index (χ1v) is 15.5. The van der Waals surface area contributed by atoms with Gasteiger partial charge < -0.3 is 4.57 Å². The van der Waals surface area contributed by atoms with Gasteiger partial charge in [-0.15, -0.1) is 0 Å². The third kappa shape index (κ3) is 5.37. The van der Waals surface area contributed by atoms with Gasteiger partial charge in [0.25, 0.3) is 0 Å². The molecule has 0 radical (unpaired) electrons. The van der Waals surface area contributed by atoms with Crippen LogP contribution in [-0.4, -0.2) is 19.5 Å². The average molecular weight is 644 g/mol. The molecule has 0 amide bonds. The molecule has 0 N–H and O–H groups in total. The quantitative estimate of drug-likeness (QED) is 0.187. The van der Waals surface area contributed by atoms with Gasteiger partial charge in [-0.2, -0.15) is 18.4 Å². The highest BCUT2D eigenvalue weighted by Crippen LogP contribution is 2.41. The van der Waals surface area contributed by atoms with E-state index in [-0.39, 0.29) is 5.56 Å². The van der Waals surface area contributed by atoms with Gasteiger partial charge in [-0.3, -0.25) is 0 Å². The Hall–Kier alpha value is -6.59. The van der Waals surface area contributed by atoms with Gasteiger partial charge in [-0.05, 0) is 47.5 Å². The molecule has 0 fully saturated rings. The Labute approximate surface area is 279 Å². The first-order chi connectivity index (χ1) is 23.9. The lowest BCUT2D eigenvalue weighted by Gasteiger charge is -2.18. The Kier molecular flexibility index (Phi) is 7.23. The highest BCUT2D eigenvalue weighted by Gasteiger charge is 2.33. The second-order valence-electron chi connectivity index (χ2n) is 11.5. The van der Waals surface area contributed by atoms with Crippen LogP contribution in [0.1, 0.15) is 11.1 Å². The van der Waals surface area contributed by atoms with Crippen molar-refractivity contribution in [2.75, 3.05) is 0 Å². The second-order valence-corrected chi connectivity index (χ2v) is 11.5. The molecule has 0 saturated carbocycles. The number of hydrogen-bond acceptors (Lipinski definition) is 4. The van der Waals surface area contributed by atoms with Gasteiger partial charge in [0.15, 0.2) is 17.5 Å². The summed E-state index contributed by atoms with van der Waals surface area (Å²) in [5, 5.41) is 11.7. The minimum Gasteiger partial charge on any atom is -0.308 e. The fourth-order valence-electron chi connectivity index (χ4n) is 6.28. The molecule has 8 heteroatoms. The minimum absolute atomic E-state index is 0.0480. The van der Waals surface area contributed by atoms with Crippen LogP contribution in [0, 0.1) is 11.3 Å². The van der Waals surface area contributed by atoms with Gasteiger partial charge in [0, 0.05) is 27.5 Å². The zero-order chi connectivity index (χ0) is 33.5. The van der Waals surface area contributed by atoms with E-state index in [0.717, 1.165) is 39.0 Å². The van der Waals surface area contributed by atoms with Gasteiger partial charge in [-0.1, -0.05) is 109 Å². The van der Waals surface area contributed by atoms with Gasteiger partial charge in [0.1, 0.15) is 0 Å². The summed E-state index contributed by atoms with van der Waals surface area (Å²) in [6.07, 6.45) is -4.56. The van der Waals surface area contributed by atoms with Crippen molar-refractivity contribution in [1.82, 2.24) is 19.5 Å². The number of halogens is 3. The normalized spacial score (nSPS) is 11.6. The van der Waals surface area contributed by atoms with Crippen LogP contribution < -0.4 is 0 Å². The number of hydrogen-bond donors (Lipinski definition) is 0. The van der Waals surface area contributed by atoms with Gasteiger partial charge in [-0.25, -0.2) is 15.0 Å². The van der Waals surface area contributed by atoms with Crippen molar-refractivity contribution in [3.63, 3.8) is 0 Å². The maximum absolute atomic E-state index is 14.3. The number of alkyl halides is 3. The Morgan fingerprint density at radius 2 is 1.10 bits per heavy atom. The van der Waals surface area contributed by atoms with Gasteiger partial charge >= 0.3 is 6.18 Å². The van der Waals surface area contributed by atoms with Crippen LogP contribution in [0.15, 0.2) is 146 Å². The predicted octanol–water partition coefficient (Wildman–Crippen LogP) is 10.5. The lowest BCUT2D eigenvalue weighted by atomic mass is 9.97. The van der Waals surface area contributed by atoms with Gasteiger partial charge in [0.2, 0.25) is 0 Å².